The summed E-state index contributed by atoms with van der Waals surface area (Å²) in [6.45, 7) is 4.06. The normalized spacial score (nSPS) is 17.2. The fourth-order valence-corrected chi connectivity index (χ4v) is 3.43. The summed E-state index contributed by atoms with van der Waals surface area (Å²) in [5, 5.41) is 9.19. The second-order valence-electron chi connectivity index (χ2n) is 4.90. The van der Waals surface area contributed by atoms with Crippen molar-refractivity contribution in [2.45, 2.75) is 37.1 Å². The fraction of sp³-hybridized carbons (Fsp3) is 0.538. The minimum atomic E-state index is -3.59. The molecule has 0 amide bonds. The van der Waals surface area contributed by atoms with Crippen LogP contribution in [0.5, 0.6) is 5.75 Å². The van der Waals surface area contributed by atoms with Gasteiger partial charge in [0, 0.05) is 0 Å². The zero-order chi connectivity index (χ0) is 14.1. The highest BCUT2D eigenvalue weighted by Gasteiger charge is 2.45. The van der Waals surface area contributed by atoms with Crippen molar-refractivity contribution >= 4 is 10.0 Å². The molecule has 5 nitrogen and oxygen atoms in total. The Morgan fingerprint density at radius 3 is 2.58 bits per heavy atom. The van der Waals surface area contributed by atoms with Gasteiger partial charge in [0.25, 0.3) is 0 Å². The van der Waals surface area contributed by atoms with E-state index in [0.29, 0.717) is 25.2 Å². The summed E-state index contributed by atoms with van der Waals surface area (Å²) in [5.74, 6) is 0.685. The first-order valence-electron chi connectivity index (χ1n) is 6.31. The first-order valence-corrected chi connectivity index (χ1v) is 7.79. The molecule has 1 aromatic rings. The van der Waals surface area contributed by atoms with E-state index < -0.39 is 15.6 Å². The smallest absolute Gasteiger partial charge is 0.241 e. The maximum Gasteiger partial charge on any atom is 0.241 e. The van der Waals surface area contributed by atoms with Gasteiger partial charge in [-0.25, -0.2) is 13.1 Å². The quantitative estimate of drug-likeness (QED) is 0.823. The van der Waals surface area contributed by atoms with E-state index in [1.165, 1.54) is 6.07 Å². The molecule has 0 radical (unpaired) electrons. The summed E-state index contributed by atoms with van der Waals surface area (Å²) in [4.78, 5) is 0.202. The summed E-state index contributed by atoms with van der Waals surface area (Å²) < 4.78 is 32.4. The van der Waals surface area contributed by atoms with Gasteiger partial charge in [-0.15, -0.1) is 0 Å². The van der Waals surface area contributed by atoms with Crippen LogP contribution in [0.1, 0.15) is 25.3 Å². The van der Waals surface area contributed by atoms with E-state index in [4.69, 9.17) is 4.74 Å². The van der Waals surface area contributed by atoms with Crippen molar-refractivity contribution in [1.29, 1.82) is 0 Å². The molecule has 0 spiro atoms. The Morgan fingerprint density at radius 2 is 2.11 bits per heavy atom. The molecule has 6 heteroatoms. The van der Waals surface area contributed by atoms with E-state index >= 15 is 0 Å². The molecule has 0 atom stereocenters. The lowest BCUT2D eigenvalue weighted by atomic mass is 10.2. The molecule has 0 bridgehead atoms. The first kappa shape index (κ1) is 14.3. The van der Waals surface area contributed by atoms with Crippen molar-refractivity contribution < 1.29 is 18.3 Å². The van der Waals surface area contributed by atoms with Crippen LogP contribution in [0.15, 0.2) is 23.1 Å². The van der Waals surface area contributed by atoms with Gasteiger partial charge >= 0.3 is 0 Å². The number of hydrogen-bond acceptors (Lipinski definition) is 4. The maximum absolute atomic E-state index is 12.2. The number of ether oxygens (including phenoxy) is 1. The third-order valence-electron chi connectivity index (χ3n) is 3.26. The van der Waals surface area contributed by atoms with Crippen molar-refractivity contribution in [3.05, 3.63) is 23.8 Å². The molecule has 1 aliphatic carbocycles. The Kier molecular flexibility index (Phi) is 3.85. The van der Waals surface area contributed by atoms with Crippen molar-refractivity contribution in [2.75, 3.05) is 13.2 Å². The van der Waals surface area contributed by atoms with Crippen LogP contribution in [0.4, 0.5) is 0 Å². The molecule has 0 saturated heterocycles. The number of aliphatic hydroxyl groups is 1. The Bertz CT molecular complexity index is 564. The van der Waals surface area contributed by atoms with E-state index in [-0.39, 0.29) is 11.5 Å². The van der Waals surface area contributed by atoms with Crippen molar-refractivity contribution in [3.8, 4) is 5.75 Å². The molecule has 0 unspecified atom stereocenters. The Morgan fingerprint density at radius 1 is 1.42 bits per heavy atom. The SMILES string of the molecule is CCOc1ccc(S(=O)(=O)NC2(CO)CC2)cc1C. The van der Waals surface area contributed by atoms with Crippen LogP contribution in [0.3, 0.4) is 0 Å². The highest BCUT2D eigenvalue weighted by atomic mass is 32.2. The molecular formula is C13H19NO4S. The second kappa shape index (κ2) is 5.11. The van der Waals surface area contributed by atoms with Gasteiger partial charge in [-0.05, 0) is 50.5 Å². The van der Waals surface area contributed by atoms with Crippen LogP contribution in [0, 0.1) is 6.92 Å². The standard InChI is InChI=1S/C13H19NO4S/c1-3-18-12-5-4-11(8-10(12)2)19(16,17)14-13(9-15)6-7-13/h4-5,8,14-15H,3,6-7,9H2,1-2H3. The molecule has 0 heterocycles. The van der Waals surface area contributed by atoms with Gasteiger partial charge in [0.2, 0.25) is 10.0 Å². The number of nitrogens with one attached hydrogen (secondary N) is 1. The summed E-state index contributed by atoms with van der Waals surface area (Å²) in [6.07, 6.45) is 1.36. The van der Waals surface area contributed by atoms with Crippen molar-refractivity contribution in [3.63, 3.8) is 0 Å². The van der Waals surface area contributed by atoms with Gasteiger partial charge in [0.15, 0.2) is 0 Å². The van der Waals surface area contributed by atoms with Crippen LogP contribution in [0.2, 0.25) is 0 Å². The van der Waals surface area contributed by atoms with Gasteiger partial charge in [-0.1, -0.05) is 0 Å². The molecule has 19 heavy (non-hydrogen) atoms. The zero-order valence-electron chi connectivity index (χ0n) is 11.1. The predicted octanol–water partition coefficient (Wildman–Crippen LogP) is 1.20. The number of benzene rings is 1. The zero-order valence-corrected chi connectivity index (χ0v) is 12.0. The lowest BCUT2D eigenvalue weighted by Crippen LogP contribution is -2.39. The van der Waals surface area contributed by atoms with E-state index in [0.717, 1.165) is 5.56 Å². The van der Waals surface area contributed by atoms with Crippen LogP contribution < -0.4 is 9.46 Å². The monoisotopic (exact) mass is 285 g/mol. The highest BCUT2D eigenvalue weighted by molar-refractivity contribution is 7.89. The topological polar surface area (TPSA) is 75.6 Å². The third kappa shape index (κ3) is 3.08. The lowest BCUT2D eigenvalue weighted by Gasteiger charge is -2.15. The number of aryl methyl sites for hydroxylation is 1. The lowest BCUT2D eigenvalue weighted by molar-refractivity contribution is 0.246. The first-order chi connectivity index (χ1) is 8.92. The van der Waals surface area contributed by atoms with Gasteiger partial charge in [0.05, 0.1) is 23.6 Å². The Labute approximate surface area is 113 Å². The van der Waals surface area contributed by atoms with Gasteiger partial charge in [0.1, 0.15) is 5.75 Å². The average Bonchev–Trinajstić information content (AvgIpc) is 3.11. The van der Waals surface area contributed by atoms with Crippen LogP contribution in [0.25, 0.3) is 0 Å². The van der Waals surface area contributed by atoms with Gasteiger partial charge in [-0.2, -0.15) is 0 Å². The molecule has 2 N–H and O–H groups in total. The van der Waals surface area contributed by atoms with Crippen LogP contribution >= 0.6 is 0 Å². The van der Waals surface area contributed by atoms with Gasteiger partial charge < -0.3 is 9.84 Å². The van der Waals surface area contributed by atoms with E-state index in [1.54, 1.807) is 12.1 Å². The number of sulfonamides is 1. The Hall–Kier alpha value is -1.11. The van der Waals surface area contributed by atoms with Crippen LogP contribution in [-0.4, -0.2) is 32.3 Å². The minimum absolute atomic E-state index is 0.164. The predicted molar refractivity (Wildman–Crippen MR) is 71.7 cm³/mol. The summed E-state index contributed by atoms with van der Waals surface area (Å²) >= 11 is 0. The van der Waals surface area contributed by atoms with E-state index in [1.807, 2.05) is 13.8 Å². The molecular weight excluding hydrogens is 266 g/mol. The number of aliphatic hydroxyl groups excluding tert-OH is 1. The molecule has 106 valence electrons. The summed E-state index contributed by atoms with van der Waals surface area (Å²) in [7, 11) is -3.59. The highest BCUT2D eigenvalue weighted by Crippen LogP contribution is 2.36. The third-order valence-corrected chi connectivity index (χ3v) is 4.84. The Balaban J connectivity index is 2.23. The molecule has 1 fully saturated rings. The van der Waals surface area contributed by atoms with Crippen molar-refractivity contribution in [1.82, 2.24) is 4.72 Å². The maximum atomic E-state index is 12.2. The average molecular weight is 285 g/mol. The molecule has 0 aromatic heterocycles. The fourth-order valence-electron chi connectivity index (χ4n) is 1.89. The molecule has 0 aliphatic heterocycles. The van der Waals surface area contributed by atoms with Crippen LogP contribution in [-0.2, 0) is 10.0 Å². The molecule has 2 rings (SSSR count). The number of rotatable bonds is 6. The van der Waals surface area contributed by atoms with Crippen molar-refractivity contribution in [2.24, 2.45) is 0 Å². The molecule has 1 aliphatic rings. The van der Waals surface area contributed by atoms with Gasteiger partial charge in [-0.3, -0.25) is 0 Å². The largest absolute Gasteiger partial charge is 0.494 e. The summed E-state index contributed by atoms with van der Waals surface area (Å²) in [6, 6.07) is 4.76. The van der Waals surface area contributed by atoms with E-state index in [2.05, 4.69) is 4.72 Å². The minimum Gasteiger partial charge on any atom is -0.494 e. The molecule has 1 aromatic carbocycles. The van der Waals surface area contributed by atoms with E-state index in [9.17, 15) is 13.5 Å². The number of hydrogen-bond donors (Lipinski definition) is 2. The molecule has 1 saturated carbocycles. The summed E-state index contributed by atoms with van der Waals surface area (Å²) in [5.41, 5.74) is 0.129. The second-order valence-corrected chi connectivity index (χ2v) is 6.59.